The summed E-state index contributed by atoms with van der Waals surface area (Å²) in [4.78, 5) is 0. The third-order valence-corrected chi connectivity index (χ3v) is 4.40. The number of hydrogen-bond acceptors (Lipinski definition) is 3. The van der Waals surface area contributed by atoms with E-state index in [1.165, 1.54) is 11.1 Å². The maximum Gasteiger partial charge on any atom is 0.164 e. The van der Waals surface area contributed by atoms with Crippen molar-refractivity contribution in [1.29, 1.82) is 0 Å². The third-order valence-electron chi connectivity index (χ3n) is 4.40. The average Bonchev–Trinajstić information content (AvgIpc) is 2.80. The number of aromatic hydroxyl groups is 1. The van der Waals surface area contributed by atoms with Gasteiger partial charge in [0.15, 0.2) is 11.5 Å². The van der Waals surface area contributed by atoms with Gasteiger partial charge in [-0.1, -0.05) is 31.2 Å². The fourth-order valence-corrected chi connectivity index (χ4v) is 3.21. The number of phenolic OH excluding ortho intramolecular Hbond substituents is 1. The molecule has 2 aromatic carbocycles. The smallest absolute Gasteiger partial charge is 0.164 e. The van der Waals surface area contributed by atoms with Crippen molar-refractivity contribution >= 4 is 0 Å². The van der Waals surface area contributed by atoms with Gasteiger partial charge in [-0.2, -0.15) is 0 Å². The van der Waals surface area contributed by atoms with Crippen molar-refractivity contribution in [3.8, 4) is 17.2 Å². The monoisotopic (exact) mass is 284 g/mol. The molecule has 0 saturated carbocycles. The summed E-state index contributed by atoms with van der Waals surface area (Å²) in [5, 5.41) is 10.2. The van der Waals surface area contributed by atoms with Crippen LogP contribution in [0.1, 0.15) is 41.2 Å². The van der Waals surface area contributed by atoms with E-state index in [0.717, 1.165) is 16.9 Å². The van der Waals surface area contributed by atoms with Crippen molar-refractivity contribution < 1.29 is 14.6 Å². The van der Waals surface area contributed by atoms with Crippen LogP contribution in [-0.4, -0.2) is 12.2 Å². The Hall–Kier alpha value is -2.16. The molecule has 0 aliphatic carbocycles. The predicted octanol–water partition coefficient (Wildman–Crippen LogP) is 4.25. The molecule has 0 aromatic heterocycles. The van der Waals surface area contributed by atoms with Crippen LogP contribution < -0.4 is 9.47 Å². The Morgan fingerprint density at radius 2 is 1.90 bits per heavy atom. The molecule has 3 heteroatoms. The standard InChI is InChI=1S/C18H20O3/c1-10-7-5-6-8-13(10)18-12(3)16-11(2)17(19)15(20-4)9-14(16)21-18/h5-9,12,18-19H,1-4H3/t12-,18-/m0/s1. The SMILES string of the molecule is COc1cc2c(c(C)c1O)[C@H](C)[C@@H](c1ccccc1C)O2. The van der Waals surface area contributed by atoms with Crippen LogP contribution in [0.3, 0.4) is 0 Å². The summed E-state index contributed by atoms with van der Waals surface area (Å²) in [7, 11) is 1.55. The van der Waals surface area contributed by atoms with Gasteiger partial charge in [-0.25, -0.2) is 0 Å². The topological polar surface area (TPSA) is 38.7 Å². The van der Waals surface area contributed by atoms with Crippen molar-refractivity contribution in [3.05, 3.63) is 52.6 Å². The summed E-state index contributed by atoms with van der Waals surface area (Å²) in [6, 6.07) is 10.1. The number of phenols is 1. The van der Waals surface area contributed by atoms with Gasteiger partial charge in [0, 0.05) is 23.1 Å². The van der Waals surface area contributed by atoms with E-state index in [4.69, 9.17) is 9.47 Å². The minimum atomic E-state index is -0.0218. The molecule has 2 atom stereocenters. The molecule has 1 N–H and O–H groups in total. The highest BCUT2D eigenvalue weighted by Crippen LogP contribution is 2.52. The van der Waals surface area contributed by atoms with E-state index in [-0.39, 0.29) is 17.8 Å². The summed E-state index contributed by atoms with van der Waals surface area (Å²) in [5.41, 5.74) is 4.32. The quantitative estimate of drug-likeness (QED) is 0.895. The summed E-state index contributed by atoms with van der Waals surface area (Å²) >= 11 is 0. The molecular weight excluding hydrogens is 264 g/mol. The lowest BCUT2D eigenvalue weighted by Crippen LogP contribution is -2.09. The molecule has 3 rings (SSSR count). The molecule has 0 radical (unpaired) electrons. The molecule has 0 bridgehead atoms. The van der Waals surface area contributed by atoms with Gasteiger partial charge >= 0.3 is 0 Å². The number of rotatable bonds is 2. The van der Waals surface area contributed by atoms with Gasteiger partial charge in [0.1, 0.15) is 11.9 Å². The zero-order chi connectivity index (χ0) is 15.1. The van der Waals surface area contributed by atoms with Gasteiger partial charge in [0.25, 0.3) is 0 Å². The first-order chi connectivity index (χ1) is 10.0. The van der Waals surface area contributed by atoms with Crippen LogP contribution in [-0.2, 0) is 0 Å². The molecule has 110 valence electrons. The van der Waals surface area contributed by atoms with Crippen LogP contribution in [0.15, 0.2) is 30.3 Å². The minimum absolute atomic E-state index is 0.0218. The van der Waals surface area contributed by atoms with Crippen LogP contribution in [0.25, 0.3) is 0 Å². The zero-order valence-electron chi connectivity index (χ0n) is 12.8. The van der Waals surface area contributed by atoms with Crippen molar-refractivity contribution in [2.45, 2.75) is 32.8 Å². The summed E-state index contributed by atoms with van der Waals surface area (Å²) in [6.07, 6.45) is -0.0218. The minimum Gasteiger partial charge on any atom is -0.504 e. The first kappa shape index (κ1) is 13.8. The summed E-state index contributed by atoms with van der Waals surface area (Å²) < 4.78 is 11.4. The maximum absolute atomic E-state index is 10.2. The largest absolute Gasteiger partial charge is 0.504 e. The van der Waals surface area contributed by atoms with E-state index in [9.17, 15) is 5.11 Å². The summed E-state index contributed by atoms with van der Waals surface area (Å²) in [6.45, 7) is 6.15. The fraction of sp³-hybridized carbons (Fsp3) is 0.333. The van der Waals surface area contributed by atoms with Crippen molar-refractivity contribution in [3.63, 3.8) is 0 Å². The molecule has 0 amide bonds. The lowest BCUT2D eigenvalue weighted by Gasteiger charge is -2.18. The molecule has 0 spiro atoms. The second kappa shape index (κ2) is 4.99. The highest BCUT2D eigenvalue weighted by atomic mass is 16.5. The Kier molecular flexibility index (Phi) is 3.28. The second-order valence-electron chi connectivity index (χ2n) is 5.65. The Bertz CT molecular complexity index is 691. The highest BCUT2D eigenvalue weighted by Gasteiger charge is 2.36. The van der Waals surface area contributed by atoms with E-state index in [2.05, 4.69) is 26.0 Å². The van der Waals surface area contributed by atoms with Gasteiger partial charge < -0.3 is 14.6 Å². The van der Waals surface area contributed by atoms with Crippen molar-refractivity contribution in [1.82, 2.24) is 0 Å². The van der Waals surface area contributed by atoms with Crippen molar-refractivity contribution in [2.75, 3.05) is 7.11 Å². The van der Waals surface area contributed by atoms with Gasteiger partial charge in [0.05, 0.1) is 7.11 Å². The number of methoxy groups -OCH3 is 1. The number of aryl methyl sites for hydroxylation is 1. The van der Waals surface area contributed by atoms with Gasteiger partial charge in [-0.05, 0) is 25.0 Å². The van der Waals surface area contributed by atoms with Gasteiger partial charge in [-0.15, -0.1) is 0 Å². The Labute approximate surface area is 125 Å². The van der Waals surface area contributed by atoms with E-state index < -0.39 is 0 Å². The van der Waals surface area contributed by atoms with Crippen molar-refractivity contribution in [2.24, 2.45) is 0 Å². The molecule has 3 nitrogen and oxygen atoms in total. The van der Waals surface area contributed by atoms with Crippen LogP contribution >= 0.6 is 0 Å². The second-order valence-corrected chi connectivity index (χ2v) is 5.65. The first-order valence-corrected chi connectivity index (χ1v) is 7.17. The maximum atomic E-state index is 10.2. The molecule has 0 saturated heterocycles. The Morgan fingerprint density at radius 3 is 2.57 bits per heavy atom. The summed E-state index contributed by atoms with van der Waals surface area (Å²) in [5.74, 6) is 1.67. The van der Waals surface area contributed by atoms with Crippen LogP contribution in [0.4, 0.5) is 0 Å². The van der Waals surface area contributed by atoms with Gasteiger partial charge in [0.2, 0.25) is 0 Å². The van der Waals surface area contributed by atoms with E-state index in [1.54, 1.807) is 13.2 Å². The number of benzene rings is 2. The highest BCUT2D eigenvalue weighted by molar-refractivity contribution is 5.59. The van der Waals surface area contributed by atoms with Crippen LogP contribution in [0, 0.1) is 13.8 Å². The van der Waals surface area contributed by atoms with Crippen LogP contribution in [0.5, 0.6) is 17.2 Å². The third kappa shape index (κ3) is 2.04. The molecule has 0 fully saturated rings. The predicted molar refractivity (Wildman–Crippen MR) is 82.4 cm³/mol. The number of ether oxygens (including phenoxy) is 2. The molecule has 0 unspecified atom stereocenters. The fourth-order valence-electron chi connectivity index (χ4n) is 3.21. The Balaban J connectivity index is 2.09. The van der Waals surface area contributed by atoms with Gasteiger partial charge in [-0.3, -0.25) is 0 Å². The van der Waals surface area contributed by atoms with Crippen LogP contribution in [0.2, 0.25) is 0 Å². The zero-order valence-corrected chi connectivity index (χ0v) is 12.8. The molecule has 1 heterocycles. The van der Waals surface area contributed by atoms with E-state index in [1.807, 2.05) is 19.1 Å². The molecule has 1 aliphatic rings. The molecular formula is C18H20O3. The average molecular weight is 284 g/mol. The van der Waals surface area contributed by atoms with E-state index >= 15 is 0 Å². The van der Waals surface area contributed by atoms with E-state index in [0.29, 0.717) is 5.75 Å². The Morgan fingerprint density at radius 1 is 1.19 bits per heavy atom. The molecule has 1 aliphatic heterocycles. The number of hydrogen-bond donors (Lipinski definition) is 1. The lowest BCUT2D eigenvalue weighted by molar-refractivity contribution is 0.214. The lowest BCUT2D eigenvalue weighted by atomic mass is 9.88. The molecule has 2 aromatic rings. The first-order valence-electron chi connectivity index (χ1n) is 7.17. The normalized spacial score (nSPS) is 20.0. The molecule has 21 heavy (non-hydrogen) atoms. The number of fused-ring (bicyclic) bond motifs is 1.